The number of aliphatic hydroxyl groups is 1. The third-order valence-electron chi connectivity index (χ3n) is 4.98. The SMILES string of the molecule is C[C@@H](O)c1nc2cnc3[nH]cc(C#N)c3c2n1C1CCC(N)CC1. The zero-order valence-electron chi connectivity index (χ0n) is 13.5. The predicted octanol–water partition coefficient (Wildman–Crippen LogP) is 2.28. The molecule has 1 aliphatic carbocycles. The van der Waals surface area contributed by atoms with Crippen molar-refractivity contribution in [3.63, 3.8) is 0 Å². The second-order valence-electron chi connectivity index (χ2n) is 6.61. The maximum absolute atomic E-state index is 10.2. The van der Waals surface area contributed by atoms with Gasteiger partial charge < -0.3 is 20.4 Å². The van der Waals surface area contributed by atoms with Crippen LogP contribution in [0.1, 0.15) is 56.1 Å². The number of aromatic amines is 1. The number of H-pyrrole nitrogens is 1. The van der Waals surface area contributed by atoms with Crippen molar-refractivity contribution in [2.75, 3.05) is 0 Å². The number of rotatable bonds is 2. The minimum absolute atomic E-state index is 0.228. The van der Waals surface area contributed by atoms with E-state index in [9.17, 15) is 10.4 Å². The van der Waals surface area contributed by atoms with Crippen molar-refractivity contribution in [2.45, 2.75) is 50.8 Å². The van der Waals surface area contributed by atoms with Gasteiger partial charge in [-0.15, -0.1) is 0 Å². The molecule has 24 heavy (non-hydrogen) atoms. The summed E-state index contributed by atoms with van der Waals surface area (Å²) in [7, 11) is 0. The Bertz CT molecular complexity index is 939. The van der Waals surface area contributed by atoms with Crippen LogP contribution in [0.25, 0.3) is 22.1 Å². The van der Waals surface area contributed by atoms with Crippen LogP contribution in [-0.2, 0) is 0 Å². The van der Waals surface area contributed by atoms with Crippen LogP contribution in [0.3, 0.4) is 0 Å². The van der Waals surface area contributed by atoms with Crippen LogP contribution in [0, 0.1) is 11.3 Å². The molecule has 4 N–H and O–H groups in total. The van der Waals surface area contributed by atoms with E-state index in [0.29, 0.717) is 22.6 Å². The quantitative estimate of drug-likeness (QED) is 0.668. The third kappa shape index (κ3) is 2.19. The zero-order chi connectivity index (χ0) is 16.8. The highest BCUT2D eigenvalue weighted by Crippen LogP contribution is 2.36. The number of nitrogens with two attached hydrogens (primary N) is 1. The molecule has 1 fully saturated rings. The topological polar surface area (TPSA) is 117 Å². The van der Waals surface area contributed by atoms with E-state index in [-0.39, 0.29) is 12.1 Å². The number of imidazole rings is 1. The van der Waals surface area contributed by atoms with E-state index < -0.39 is 6.10 Å². The van der Waals surface area contributed by atoms with E-state index in [1.807, 2.05) is 0 Å². The lowest BCUT2D eigenvalue weighted by Crippen LogP contribution is -2.28. The zero-order valence-corrected chi connectivity index (χ0v) is 13.5. The van der Waals surface area contributed by atoms with Crippen molar-refractivity contribution in [2.24, 2.45) is 5.73 Å². The van der Waals surface area contributed by atoms with Crippen molar-refractivity contribution < 1.29 is 5.11 Å². The minimum atomic E-state index is -0.687. The van der Waals surface area contributed by atoms with Crippen LogP contribution < -0.4 is 5.73 Å². The molecule has 7 nitrogen and oxygen atoms in total. The van der Waals surface area contributed by atoms with Crippen LogP contribution >= 0.6 is 0 Å². The molecule has 4 rings (SSSR count). The first-order valence-corrected chi connectivity index (χ1v) is 8.31. The summed E-state index contributed by atoms with van der Waals surface area (Å²) in [6.07, 6.45) is 6.49. The van der Waals surface area contributed by atoms with Gasteiger partial charge in [0, 0.05) is 18.3 Å². The molecule has 1 saturated carbocycles. The Kier molecular flexibility index (Phi) is 3.52. The van der Waals surface area contributed by atoms with Gasteiger partial charge in [-0.25, -0.2) is 9.97 Å². The Hall–Kier alpha value is -2.43. The van der Waals surface area contributed by atoms with Crippen LogP contribution in [-0.4, -0.2) is 30.7 Å². The lowest BCUT2D eigenvalue weighted by atomic mass is 9.91. The van der Waals surface area contributed by atoms with Gasteiger partial charge in [-0.1, -0.05) is 0 Å². The molecular weight excluding hydrogens is 304 g/mol. The molecule has 3 heterocycles. The molecule has 0 bridgehead atoms. The Labute approximate surface area is 139 Å². The highest BCUT2D eigenvalue weighted by atomic mass is 16.3. The number of nitrogens with zero attached hydrogens (tertiary/aromatic N) is 4. The van der Waals surface area contributed by atoms with E-state index in [2.05, 4.69) is 25.6 Å². The van der Waals surface area contributed by atoms with E-state index in [1.54, 1.807) is 19.3 Å². The maximum atomic E-state index is 10.2. The maximum Gasteiger partial charge on any atom is 0.140 e. The molecule has 3 aromatic heterocycles. The first kappa shape index (κ1) is 15.1. The van der Waals surface area contributed by atoms with Gasteiger partial charge in [0.1, 0.15) is 29.2 Å². The fourth-order valence-corrected chi connectivity index (χ4v) is 3.80. The molecule has 0 aromatic carbocycles. The predicted molar refractivity (Wildman–Crippen MR) is 90.2 cm³/mol. The second-order valence-corrected chi connectivity index (χ2v) is 6.61. The number of hydrogen-bond donors (Lipinski definition) is 3. The Balaban J connectivity index is 2.02. The van der Waals surface area contributed by atoms with Gasteiger partial charge in [0.25, 0.3) is 0 Å². The summed E-state index contributed by atoms with van der Waals surface area (Å²) in [6, 6.07) is 2.70. The van der Waals surface area contributed by atoms with Crippen LogP contribution in [0.5, 0.6) is 0 Å². The number of aromatic nitrogens is 4. The van der Waals surface area contributed by atoms with Crippen molar-refractivity contribution in [3.05, 3.63) is 23.8 Å². The first-order chi connectivity index (χ1) is 11.6. The summed E-state index contributed by atoms with van der Waals surface area (Å²) in [5.41, 5.74) is 8.87. The minimum Gasteiger partial charge on any atom is -0.385 e. The van der Waals surface area contributed by atoms with Crippen LogP contribution in [0.4, 0.5) is 0 Å². The van der Waals surface area contributed by atoms with Gasteiger partial charge in [0.05, 0.1) is 22.7 Å². The molecule has 0 unspecified atom stereocenters. The third-order valence-corrected chi connectivity index (χ3v) is 4.98. The average Bonchev–Trinajstić information content (AvgIpc) is 3.16. The van der Waals surface area contributed by atoms with Gasteiger partial charge in [-0.2, -0.15) is 5.26 Å². The fourth-order valence-electron chi connectivity index (χ4n) is 3.80. The highest BCUT2D eigenvalue weighted by molar-refractivity contribution is 6.04. The van der Waals surface area contributed by atoms with Crippen molar-refractivity contribution in [1.82, 2.24) is 19.5 Å². The lowest BCUT2D eigenvalue weighted by Gasteiger charge is -2.29. The van der Waals surface area contributed by atoms with E-state index >= 15 is 0 Å². The Morgan fingerprint density at radius 2 is 2.17 bits per heavy atom. The first-order valence-electron chi connectivity index (χ1n) is 8.31. The summed E-state index contributed by atoms with van der Waals surface area (Å²) in [5.74, 6) is 0.630. The normalized spacial score (nSPS) is 22.8. The molecule has 124 valence electrons. The van der Waals surface area contributed by atoms with Gasteiger partial charge in [0.15, 0.2) is 0 Å². The lowest BCUT2D eigenvalue weighted by molar-refractivity contribution is 0.177. The van der Waals surface area contributed by atoms with Gasteiger partial charge in [-0.05, 0) is 32.6 Å². The van der Waals surface area contributed by atoms with Crippen molar-refractivity contribution in [3.8, 4) is 6.07 Å². The molecule has 1 aliphatic rings. The van der Waals surface area contributed by atoms with Gasteiger partial charge >= 0.3 is 0 Å². The van der Waals surface area contributed by atoms with Gasteiger partial charge in [-0.3, -0.25) is 0 Å². The summed E-state index contributed by atoms with van der Waals surface area (Å²) < 4.78 is 2.12. The summed E-state index contributed by atoms with van der Waals surface area (Å²) in [6.45, 7) is 1.72. The smallest absolute Gasteiger partial charge is 0.140 e. The van der Waals surface area contributed by atoms with Crippen molar-refractivity contribution in [1.29, 1.82) is 5.26 Å². The molecule has 0 amide bonds. The second kappa shape index (κ2) is 5.58. The molecule has 3 aromatic rings. The summed E-state index contributed by atoms with van der Waals surface area (Å²) >= 11 is 0. The Morgan fingerprint density at radius 3 is 2.83 bits per heavy atom. The highest BCUT2D eigenvalue weighted by Gasteiger charge is 2.27. The molecular formula is C17H20N6O. The van der Waals surface area contributed by atoms with E-state index in [4.69, 9.17) is 5.73 Å². The van der Waals surface area contributed by atoms with E-state index in [0.717, 1.165) is 36.6 Å². The van der Waals surface area contributed by atoms with Crippen molar-refractivity contribution >= 4 is 22.1 Å². The van der Waals surface area contributed by atoms with Gasteiger partial charge in [0.2, 0.25) is 0 Å². The number of pyridine rings is 1. The van der Waals surface area contributed by atoms with E-state index in [1.165, 1.54) is 0 Å². The standard InChI is InChI=1S/C17H20N6O/c1-9(24)17-22-13-8-21-16-14(10(6-18)7-20-16)15(13)23(17)12-4-2-11(19)3-5-12/h7-9,11-12,24H,2-5,19H2,1H3,(H,20,21)/t9-,11?,12?/m1/s1. The number of aliphatic hydroxyl groups excluding tert-OH is 1. The van der Waals surface area contributed by atoms with Crippen LogP contribution in [0.15, 0.2) is 12.4 Å². The number of fused-ring (bicyclic) bond motifs is 3. The number of nitrogens with one attached hydrogen (secondary N) is 1. The molecule has 0 aliphatic heterocycles. The fraction of sp³-hybridized carbons (Fsp3) is 0.471. The number of nitriles is 1. The molecule has 0 spiro atoms. The molecule has 0 radical (unpaired) electrons. The molecule has 0 saturated heterocycles. The summed E-state index contributed by atoms with van der Waals surface area (Å²) in [5, 5.41) is 20.5. The monoisotopic (exact) mass is 324 g/mol. The number of hydrogen-bond acceptors (Lipinski definition) is 5. The Morgan fingerprint density at radius 1 is 1.42 bits per heavy atom. The largest absolute Gasteiger partial charge is 0.385 e. The molecule has 7 heteroatoms. The summed E-state index contributed by atoms with van der Waals surface area (Å²) in [4.78, 5) is 12.0. The van der Waals surface area contributed by atoms with Crippen LogP contribution in [0.2, 0.25) is 0 Å². The average molecular weight is 324 g/mol. The molecule has 1 atom stereocenters.